The standard InChI is InChI=1S/C41H42N2O6/c44-38-36(24-29-11-4-1-5-12-29)42(26-31-19-21-35(22-20-31)49-28-32-15-8-3-9-16-32)41(48)43(27-33-17-10-18-34(23-33)40(46)47)37(39(38)45)25-30-13-6-2-7-14-30/h1,3-6,8-23,36-39,44-45H,2,7,24-28H2,(H,46,47)/t36-,37-,38+,39+/m1/s1. The fourth-order valence-corrected chi connectivity index (χ4v) is 6.65. The molecule has 0 spiro atoms. The van der Waals surface area contributed by atoms with Gasteiger partial charge < -0.3 is 29.9 Å². The van der Waals surface area contributed by atoms with Crippen LogP contribution in [0.3, 0.4) is 0 Å². The number of aromatic carboxylic acids is 1. The number of aliphatic hydroxyl groups is 2. The number of carbonyl (C=O) groups excluding carboxylic acids is 1. The van der Waals surface area contributed by atoms with Crippen LogP contribution >= 0.6 is 0 Å². The highest BCUT2D eigenvalue weighted by molar-refractivity contribution is 5.87. The summed E-state index contributed by atoms with van der Waals surface area (Å²) in [5.41, 5.74) is 4.54. The van der Waals surface area contributed by atoms with E-state index in [0.29, 0.717) is 30.8 Å². The van der Waals surface area contributed by atoms with Crippen LogP contribution in [0, 0.1) is 0 Å². The highest BCUT2D eigenvalue weighted by Crippen LogP contribution is 2.32. The third-order valence-electron chi connectivity index (χ3n) is 9.29. The van der Waals surface area contributed by atoms with Crippen molar-refractivity contribution in [1.82, 2.24) is 9.80 Å². The van der Waals surface area contributed by atoms with E-state index in [2.05, 4.69) is 12.2 Å². The molecule has 252 valence electrons. The molecule has 49 heavy (non-hydrogen) atoms. The van der Waals surface area contributed by atoms with Crippen LogP contribution in [0.2, 0.25) is 0 Å². The van der Waals surface area contributed by atoms with Gasteiger partial charge in [0.05, 0.1) is 17.6 Å². The van der Waals surface area contributed by atoms with Gasteiger partial charge in [-0.15, -0.1) is 0 Å². The maximum Gasteiger partial charge on any atom is 0.335 e. The first-order valence-corrected chi connectivity index (χ1v) is 16.8. The zero-order valence-corrected chi connectivity index (χ0v) is 27.3. The molecule has 4 aromatic carbocycles. The van der Waals surface area contributed by atoms with Gasteiger partial charge in [0, 0.05) is 13.1 Å². The molecule has 1 aliphatic carbocycles. The van der Waals surface area contributed by atoms with Gasteiger partial charge in [-0.2, -0.15) is 0 Å². The molecule has 8 heteroatoms. The average molecular weight is 659 g/mol. The Morgan fingerprint density at radius 1 is 0.694 bits per heavy atom. The van der Waals surface area contributed by atoms with Crippen LogP contribution in [0.25, 0.3) is 0 Å². The Balaban J connectivity index is 1.34. The van der Waals surface area contributed by atoms with Crippen molar-refractivity contribution in [3.63, 3.8) is 0 Å². The van der Waals surface area contributed by atoms with Crippen LogP contribution in [-0.2, 0) is 26.1 Å². The van der Waals surface area contributed by atoms with Crippen molar-refractivity contribution in [2.24, 2.45) is 0 Å². The normalized spacial score (nSPS) is 20.9. The minimum absolute atomic E-state index is 0.0617. The largest absolute Gasteiger partial charge is 0.489 e. The molecule has 0 saturated carbocycles. The van der Waals surface area contributed by atoms with Crippen molar-refractivity contribution in [3.8, 4) is 5.75 Å². The van der Waals surface area contributed by atoms with E-state index in [-0.39, 0.29) is 24.7 Å². The fraction of sp³-hybridized carbons (Fsp3) is 0.268. The van der Waals surface area contributed by atoms with Crippen LogP contribution in [0.4, 0.5) is 4.79 Å². The number of hydrogen-bond acceptors (Lipinski definition) is 5. The van der Waals surface area contributed by atoms with Crippen LogP contribution in [0.1, 0.15) is 51.9 Å². The molecule has 6 rings (SSSR count). The number of carboxylic acids is 1. The second-order valence-electron chi connectivity index (χ2n) is 12.7. The van der Waals surface area contributed by atoms with Crippen LogP contribution in [0.15, 0.2) is 133 Å². The lowest BCUT2D eigenvalue weighted by Crippen LogP contribution is -2.50. The first-order valence-electron chi connectivity index (χ1n) is 16.8. The Hall–Kier alpha value is -5.18. The minimum Gasteiger partial charge on any atom is -0.489 e. The van der Waals surface area contributed by atoms with Crippen LogP contribution in [-0.4, -0.2) is 61.4 Å². The lowest BCUT2D eigenvalue weighted by atomic mass is 9.89. The second-order valence-corrected chi connectivity index (χ2v) is 12.7. The van der Waals surface area contributed by atoms with E-state index in [4.69, 9.17) is 4.74 Å². The van der Waals surface area contributed by atoms with Crippen molar-refractivity contribution < 1.29 is 29.6 Å². The minimum atomic E-state index is -1.27. The van der Waals surface area contributed by atoms with E-state index in [1.807, 2.05) is 91.0 Å². The third kappa shape index (κ3) is 8.46. The van der Waals surface area contributed by atoms with Gasteiger partial charge >= 0.3 is 12.0 Å². The number of aliphatic hydroxyl groups excluding tert-OH is 2. The number of carboxylic acid groups (broad SMARTS) is 1. The molecule has 2 aliphatic rings. The maximum atomic E-state index is 14.9. The summed E-state index contributed by atoms with van der Waals surface area (Å²) >= 11 is 0. The zero-order chi connectivity index (χ0) is 34.2. The predicted molar refractivity (Wildman–Crippen MR) is 188 cm³/mol. The summed E-state index contributed by atoms with van der Waals surface area (Å²) < 4.78 is 5.99. The Morgan fingerprint density at radius 2 is 1.31 bits per heavy atom. The summed E-state index contributed by atoms with van der Waals surface area (Å²) in [6.07, 6.45) is 6.14. The molecule has 1 saturated heterocycles. The van der Waals surface area contributed by atoms with Gasteiger partial charge in [-0.1, -0.05) is 109 Å². The maximum absolute atomic E-state index is 14.9. The van der Waals surface area contributed by atoms with E-state index in [0.717, 1.165) is 35.1 Å². The van der Waals surface area contributed by atoms with Crippen molar-refractivity contribution >= 4 is 12.0 Å². The summed E-state index contributed by atoms with van der Waals surface area (Å²) in [4.78, 5) is 30.0. The SMILES string of the molecule is O=C(O)c1cccc(CN2C(=O)N(Cc3ccc(OCc4ccccc4)cc3)[C@H](Cc3ccccc3)[C@H](O)[C@@H](O)[C@H]2CC2=CCCC=C2)c1. The number of allylic oxidation sites excluding steroid dienone is 3. The number of urea groups is 1. The lowest BCUT2D eigenvalue weighted by Gasteiger charge is -2.36. The van der Waals surface area contributed by atoms with Gasteiger partial charge in [0.15, 0.2) is 0 Å². The topological polar surface area (TPSA) is 111 Å². The third-order valence-corrected chi connectivity index (χ3v) is 9.29. The van der Waals surface area contributed by atoms with Gasteiger partial charge in [0.1, 0.15) is 24.6 Å². The van der Waals surface area contributed by atoms with E-state index in [1.165, 1.54) is 6.07 Å². The highest BCUT2D eigenvalue weighted by atomic mass is 16.5. The molecule has 3 N–H and O–H groups in total. The predicted octanol–water partition coefficient (Wildman–Crippen LogP) is 6.77. The number of ether oxygens (including phenoxy) is 1. The summed E-state index contributed by atoms with van der Waals surface area (Å²) in [6.45, 7) is 0.672. The smallest absolute Gasteiger partial charge is 0.335 e. The number of nitrogens with zero attached hydrogens (tertiary/aromatic N) is 2. The Kier molecular flexibility index (Phi) is 10.9. The van der Waals surface area contributed by atoms with E-state index in [9.17, 15) is 24.9 Å². The Bertz CT molecular complexity index is 1770. The molecule has 1 aliphatic heterocycles. The number of amides is 2. The highest BCUT2D eigenvalue weighted by Gasteiger charge is 2.46. The van der Waals surface area contributed by atoms with Crippen LogP contribution < -0.4 is 4.74 Å². The quantitative estimate of drug-likeness (QED) is 0.155. The van der Waals surface area contributed by atoms with Crippen molar-refractivity contribution in [3.05, 3.63) is 161 Å². The Labute approximate surface area is 287 Å². The molecule has 8 nitrogen and oxygen atoms in total. The molecular weight excluding hydrogens is 616 g/mol. The van der Waals surface area contributed by atoms with Gasteiger partial charge in [0.25, 0.3) is 0 Å². The second kappa shape index (κ2) is 15.8. The van der Waals surface area contributed by atoms with Crippen molar-refractivity contribution in [2.45, 2.75) is 69.7 Å². The number of benzene rings is 4. The summed E-state index contributed by atoms with van der Waals surface area (Å²) in [6, 6.07) is 31.8. The van der Waals surface area contributed by atoms with Crippen molar-refractivity contribution in [2.75, 3.05) is 0 Å². The molecule has 2 amide bonds. The summed E-state index contributed by atoms with van der Waals surface area (Å²) in [5, 5.41) is 33.6. The van der Waals surface area contributed by atoms with Gasteiger partial charge in [-0.3, -0.25) is 0 Å². The molecule has 0 aromatic heterocycles. The molecule has 1 fully saturated rings. The Morgan fingerprint density at radius 3 is 1.94 bits per heavy atom. The molecule has 0 bridgehead atoms. The first-order chi connectivity index (χ1) is 23.9. The molecule has 4 aromatic rings. The van der Waals surface area contributed by atoms with Crippen LogP contribution in [0.5, 0.6) is 5.75 Å². The number of rotatable bonds is 12. The molecule has 0 radical (unpaired) electrons. The zero-order valence-electron chi connectivity index (χ0n) is 27.3. The molecular formula is C41H42N2O6. The fourth-order valence-electron chi connectivity index (χ4n) is 6.65. The lowest BCUT2D eigenvalue weighted by molar-refractivity contribution is -0.0407. The van der Waals surface area contributed by atoms with E-state index >= 15 is 0 Å². The molecule has 4 atom stereocenters. The summed E-state index contributed by atoms with van der Waals surface area (Å²) in [7, 11) is 0. The van der Waals surface area contributed by atoms with Gasteiger partial charge in [-0.05, 0) is 72.2 Å². The monoisotopic (exact) mass is 658 g/mol. The number of carbonyl (C=O) groups is 2. The molecule has 1 heterocycles. The van der Waals surface area contributed by atoms with E-state index in [1.54, 1.807) is 28.0 Å². The first kappa shape index (κ1) is 33.7. The molecule has 0 unspecified atom stereocenters. The van der Waals surface area contributed by atoms with Crippen molar-refractivity contribution in [1.29, 1.82) is 0 Å². The van der Waals surface area contributed by atoms with E-state index < -0.39 is 30.3 Å². The average Bonchev–Trinajstić information content (AvgIpc) is 3.19. The summed E-state index contributed by atoms with van der Waals surface area (Å²) in [5.74, 6) is -0.366. The van der Waals surface area contributed by atoms with Gasteiger partial charge in [-0.25, -0.2) is 9.59 Å². The van der Waals surface area contributed by atoms with Gasteiger partial charge in [0.2, 0.25) is 0 Å². The number of hydrogen-bond donors (Lipinski definition) is 3.